The number of nitrogens with one attached hydrogen (secondary N) is 2. The number of amides is 1. The van der Waals surface area contributed by atoms with E-state index in [1.54, 1.807) is 52.2 Å². The number of hydrogen-bond acceptors (Lipinski definition) is 10. The van der Waals surface area contributed by atoms with E-state index in [-0.39, 0.29) is 30.4 Å². The maximum atomic E-state index is 13.5. The molecule has 2 aliphatic rings. The van der Waals surface area contributed by atoms with Crippen LogP contribution in [0.25, 0.3) is 0 Å². The number of carbonyl (C=O) groups excluding carboxylic acids is 2. The van der Waals surface area contributed by atoms with Gasteiger partial charge in [0.1, 0.15) is 17.8 Å². The Balaban J connectivity index is 1.96. The molecule has 3 heterocycles. The molecule has 0 aromatic carbocycles. The molecule has 0 bridgehead atoms. The number of aryl methyl sites for hydroxylation is 1. The van der Waals surface area contributed by atoms with E-state index in [1.807, 2.05) is 0 Å². The number of hydrogen-bond donors (Lipinski definition) is 3. The first-order valence-electron chi connectivity index (χ1n) is 12.8. The highest BCUT2D eigenvalue weighted by atomic mass is 32.2. The summed E-state index contributed by atoms with van der Waals surface area (Å²) in [7, 11) is -3.90. The van der Waals surface area contributed by atoms with Crippen molar-refractivity contribution in [2.75, 3.05) is 23.6 Å². The fourth-order valence-electron chi connectivity index (χ4n) is 4.32. The van der Waals surface area contributed by atoms with Gasteiger partial charge in [-0.3, -0.25) is 24.3 Å². The Hall–Kier alpha value is -3.23. The van der Waals surface area contributed by atoms with Gasteiger partial charge >= 0.3 is 5.97 Å². The number of pyridine rings is 1. The smallest absolute Gasteiger partial charge is 0.310 e. The molecule has 0 saturated carbocycles. The summed E-state index contributed by atoms with van der Waals surface area (Å²) in [6, 6.07) is 2.36. The first kappa shape index (κ1) is 30.3. The molecule has 1 amide bonds. The molecule has 2 aliphatic heterocycles. The number of ether oxygens (including phenoxy) is 2. The SMILES string of the molecule is Cc1ccc(NS(=O)(=O)CC2CCCCO2)c(=O)n1C1=NC(=CCC(=O)OC(C)(C)C)C(C)N1CC(=O)NO. The minimum atomic E-state index is -3.90. The van der Waals surface area contributed by atoms with Gasteiger partial charge in [-0.2, -0.15) is 0 Å². The van der Waals surface area contributed by atoms with Crippen molar-refractivity contribution in [1.82, 2.24) is 14.9 Å². The molecule has 1 aromatic rings. The third kappa shape index (κ3) is 8.13. The van der Waals surface area contributed by atoms with Crippen LogP contribution in [0.5, 0.6) is 0 Å². The molecule has 1 saturated heterocycles. The Morgan fingerprint density at radius 1 is 1.28 bits per heavy atom. The van der Waals surface area contributed by atoms with Crippen molar-refractivity contribution >= 4 is 33.5 Å². The number of sulfonamides is 1. The zero-order chi connectivity index (χ0) is 29.0. The topological polar surface area (TPSA) is 169 Å². The van der Waals surface area contributed by atoms with Crippen molar-refractivity contribution in [2.45, 2.75) is 78.0 Å². The van der Waals surface area contributed by atoms with Crippen LogP contribution >= 0.6 is 0 Å². The lowest BCUT2D eigenvalue weighted by Crippen LogP contribution is -2.47. The van der Waals surface area contributed by atoms with E-state index in [0.717, 1.165) is 12.8 Å². The van der Waals surface area contributed by atoms with Crippen molar-refractivity contribution < 1.29 is 32.7 Å². The van der Waals surface area contributed by atoms with Crippen LogP contribution in [0.4, 0.5) is 5.69 Å². The van der Waals surface area contributed by atoms with Crippen molar-refractivity contribution in [1.29, 1.82) is 0 Å². The molecular formula is C25H37N5O8S. The van der Waals surface area contributed by atoms with Crippen molar-refractivity contribution in [2.24, 2.45) is 4.99 Å². The standard InChI is InChI=1S/C25H37N5O8S/c1-16-9-10-20(28-39(35,36)15-18-8-6-7-13-37-18)23(33)30(16)24-26-19(11-12-22(32)38-25(3,4)5)17(2)29(24)14-21(31)27-34/h9-11,17-18,28,34H,6-8,12-15H2,1-5H3,(H,27,31). The molecule has 39 heavy (non-hydrogen) atoms. The maximum Gasteiger partial charge on any atom is 0.310 e. The van der Waals surface area contributed by atoms with Crippen molar-refractivity contribution in [3.8, 4) is 0 Å². The van der Waals surface area contributed by atoms with Gasteiger partial charge in [0.05, 0.1) is 30.0 Å². The van der Waals surface area contributed by atoms with Crippen LogP contribution in [0, 0.1) is 6.92 Å². The van der Waals surface area contributed by atoms with Crippen molar-refractivity contribution in [3.63, 3.8) is 0 Å². The molecule has 1 fully saturated rings. The molecule has 3 N–H and O–H groups in total. The van der Waals surface area contributed by atoms with E-state index in [2.05, 4.69) is 9.71 Å². The van der Waals surface area contributed by atoms with Crippen LogP contribution in [0.2, 0.25) is 0 Å². The number of aromatic nitrogens is 1. The number of carbonyl (C=O) groups is 2. The fraction of sp³-hybridized carbons (Fsp3) is 0.600. The quantitative estimate of drug-likeness (QED) is 0.239. The Bertz CT molecular complexity index is 1310. The highest BCUT2D eigenvalue weighted by Gasteiger charge is 2.33. The van der Waals surface area contributed by atoms with Crippen LogP contribution in [0.15, 0.2) is 33.7 Å². The van der Waals surface area contributed by atoms with Gasteiger partial charge in [0, 0.05) is 12.3 Å². The van der Waals surface area contributed by atoms with Crippen LogP contribution in [-0.4, -0.2) is 77.6 Å². The average molecular weight is 568 g/mol. The molecule has 216 valence electrons. The van der Waals surface area contributed by atoms with Gasteiger partial charge in [-0.1, -0.05) is 0 Å². The summed E-state index contributed by atoms with van der Waals surface area (Å²) in [5.41, 5.74) is 0.829. The summed E-state index contributed by atoms with van der Waals surface area (Å²) in [6.45, 7) is 8.74. The zero-order valence-corrected chi connectivity index (χ0v) is 23.7. The first-order valence-corrected chi connectivity index (χ1v) is 14.4. The molecule has 2 unspecified atom stereocenters. The lowest BCUT2D eigenvalue weighted by Gasteiger charge is -2.26. The number of rotatable bonds is 8. The third-order valence-electron chi connectivity index (χ3n) is 6.14. The molecule has 0 aliphatic carbocycles. The number of nitrogens with zero attached hydrogens (tertiary/aromatic N) is 3. The monoisotopic (exact) mass is 567 g/mol. The average Bonchev–Trinajstić information content (AvgIpc) is 3.13. The summed E-state index contributed by atoms with van der Waals surface area (Å²) in [4.78, 5) is 43.9. The largest absolute Gasteiger partial charge is 0.460 e. The first-order chi connectivity index (χ1) is 18.2. The van der Waals surface area contributed by atoms with Gasteiger partial charge < -0.3 is 14.4 Å². The summed E-state index contributed by atoms with van der Waals surface area (Å²) < 4.78 is 40.1. The third-order valence-corrected chi connectivity index (χ3v) is 7.48. The fourth-order valence-corrected chi connectivity index (χ4v) is 5.64. The van der Waals surface area contributed by atoms with E-state index in [0.29, 0.717) is 24.4 Å². The minimum Gasteiger partial charge on any atom is -0.460 e. The molecule has 2 atom stereocenters. The van der Waals surface area contributed by atoms with Crippen LogP contribution in [0.1, 0.15) is 59.1 Å². The van der Waals surface area contributed by atoms with Crippen LogP contribution < -0.4 is 15.8 Å². The molecule has 13 nitrogen and oxygen atoms in total. The molecule has 0 spiro atoms. The molecule has 3 rings (SSSR count). The predicted octanol–water partition coefficient (Wildman–Crippen LogP) is 1.50. The zero-order valence-electron chi connectivity index (χ0n) is 22.9. The maximum absolute atomic E-state index is 13.5. The second kappa shape index (κ2) is 12.3. The van der Waals surface area contributed by atoms with Gasteiger partial charge in [-0.15, -0.1) is 0 Å². The number of esters is 1. The normalized spacial score (nSPS) is 21.0. The van der Waals surface area contributed by atoms with Gasteiger partial charge in [-0.25, -0.2) is 23.5 Å². The Morgan fingerprint density at radius 2 is 2.00 bits per heavy atom. The summed E-state index contributed by atoms with van der Waals surface area (Å²) >= 11 is 0. The molecule has 14 heteroatoms. The predicted molar refractivity (Wildman–Crippen MR) is 144 cm³/mol. The second-order valence-electron chi connectivity index (χ2n) is 10.6. The van der Waals surface area contributed by atoms with E-state index in [9.17, 15) is 22.8 Å². The summed E-state index contributed by atoms with van der Waals surface area (Å²) in [5.74, 6) is -1.46. The number of hydroxylamine groups is 1. The van der Waals surface area contributed by atoms with Crippen molar-refractivity contribution in [3.05, 3.63) is 40.0 Å². The highest BCUT2D eigenvalue weighted by molar-refractivity contribution is 7.92. The summed E-state index contributed by atoms with van der Waals surface area (Å²) in [6.07, 6.45) is 3.38. The van der Waals surface area contributed by atoms with Gasteiger partial charge in [0.25, 0.3) is 11.5 Å². The summed E-state index contributed by atoms with van der Waals surface area (Å²) in [5, 5.41) is 9.11. The molecular weight excluding hydrogens is 530 g/mol. The highest BCUT2D eigenvalue weighted by Crippen LogP contribution is 2.24. The Kier molecular flexibility index (Phi) is 9.56. The number of anilines is 1. The van der Waals surface area contributed by atoms with Crippen LogP contribution in [0.3, 0.4) is 0 Å². The molecule has 0 radical (unpaired) electrons. The van der Waals surface area contributed by atoms with Crippen LogP contribution in [-0.2, 0) is 29.1 Å². The lowest BCUT2D eigenvalue weighted by molar-refractivity contribution is -0.153. The van der Waals surface area contributed by atoms with Gasteiger partial charge in [-0.05, 0) is 72.1 Å². The Labute approximate surface area is 227 Å². The van der Waals surface area contributed by atoms with E-state index >= 15 is 0 Å². The van der Waals surface area contributed by atoms with E-state index in [4.69, 9.17) is 14.7 Å². The minimum absolute atomic E-state index is 0.0423. The second-order valence-corrected chi connectivity index (χ2v) is 12.3. The van der Waals surface area contributed by atoms with Gasteiger partial charge in [0.15, 0.2) is 0 Å². The molecule has 1 aromatic heterocycles. The van der Waals surface area contributed by atoms with Gasteiger partial charge in [0.2, 0.25) is 16.0 Å². The van der Waals surface area contributed by atoms with E-state index in [1.165, 1.54) is 15.5 Å². The Morgan fingerprint density at radius 3 is 2.62 bits per heavy atom. The lowest BCUT2D eigenvalue weighted by atomic mass is 10.1. The number of aliphatic imine (C=N–C) groups is 1. The van der Waals surface area contributed by atoms with E-state index < -0.39 is 45.2 Å².